The van der Waals surface area contributed by atoms with Gasteiger partial charge in [-0.15, -0.1) is 11.3 Å². The van der Waals surface area contributed by atoms with Crippen LogP contribution in [0.15, 0.2) is 28.2 Å². The first-order valence-electron chi connectivity index (χ1n) is 6.37. The number of urea groups is 1. The minimum Gasteiger partial charge on any atom is -0.476 e. The minimum absolute atomic E-state index is 0.0397. The van der Waals surface area contributed by atoms with Gasteiger partial charge in [0.2, 0.25) is 0 Å². The van der Waals surface area contributed by atoms with E-state index in [9.17, 15) is 9.59 Å². The standard InChI is InChI=1S/C13H15N3O4S/c17-12(18)10-8-21-11(16-10)4-6-15-13(19)14-5-3-9-2-1-7-20-9/h1-2,7-8H,3-6H2,(H,17,18)(H2,14,15,19). The summed E-state index contributed by atoms with van der Waals surface area (Å²) in [6, 6.07) is 3.38. The van der Waals surface area contributed by atoms with E-state index >= 15 is 0 Å². The zero-order chi connectivity index (χ0) is 15.1. The van der Waals surface area contributed by atoms with E-state index in [0.717, 1.165) is 5.76 Å². The lowest BCUT2D eigenvalue weighted by atomic mass is 10.3. The SMILES string of the molecule is O=C(NCCc1ccco1)NCCc1nc(C(=O)O)cs1. The third-order valence-electron chi connectivity index (χ3n) is 2.63. The normalized spacial score (nSPS) is 10.3. The molecular formula is C13H15N3O4S. The predicted octanol–water partition coefficient (Wildman–Crippen LogP) is 1.52. The molecule has 0 aliphatic heterocycles. The second-order valence-electron chi connectivity index (χ2n) is 4.19. The molecule has 2 aromatic rings. The van der Waals surface area contributed by atoms with Crippen molar-refractivity contribution in [1.29, 1.82) is 0 Å². The molecule has 0 radical (unpaired) electrons. The highest BCUT2D eigenvalue weighted by Crippen LogP contribution is 2.09. The van der Waals surface area contributed by atoms with Crippen molar-refractivity contribution < 1.29 is 19.1 Å². The molecule has 0 aliphatic rings. The number of carbonyl (C=O) groups excluding carboxylic acids is 1. The van der Waals surface area contributed by atoms with Crippen molar-refractivity contribution in [2.24, 2.45) is 0 Å². The molecule has 112 valence electrons. The molecule has 8 heteroatoms. The molecule has 0 bridgehead atoms. The molecule has 0 aromatic carbocycles. The van der Waals surface area contributed by atoms with E-state index in [4.69, 9.17) is 9.52 Å². The van der Waals surface area contributed by atoms with Gasteiger partial charge in [0.1, 0.15) is 5.76 Å². The Morgan fingerprint density at radius 2 is 2.05 bits per heavy atom. The number of hydrogen-bond acceptors (Lipinski definition) is 5. The van der Waals surface area contributed by atoms with Crippen LogP contribution in [0.2, 0.25) is 0 Å². The molecule has 2 heterocycles. The number of carboxylic acids is 1. The molecule has 0 saturated carbocycles. The van der Waals surface area contributed by atoms with E-state index in [1.807, 2.05) is 6.07 Å². The van der Waals surface area contributed by atoms with Crippen LogP contribution in [0.25, 0.3) is 0 Å². The summed E-state index contributed by atoms with van der Waals surface area (Å²) in [5.74, 6) is -0.222. The first-order valence-corrected chi connectivity index (χ1v) is 7.25. The Balaban J connectivity index is 1.61. The Kier molecular flexibility index (Phi) is 5.33. The number of nitrogens with zero attached hydrogens (tertiary/aromatic N) is 1. The molecule has 3 N–H and O–H groups in total. The van der Waals surface area contributed by atoms with Gasteiger partial charge in [-0.1, -0.05) is 0 Å². The molecule has 7 nitrogen and oxygen atoms in total. The maximum absolute atomic E-state index is 11.5. The monoisotopic (exact) mass is 309 g/mol. The number of nitrogens with one attached hydrogen (secondary N) is 2. The summed E-state index contributed by atoms with van der Waals surface area (Å²) in [7, 11) is 0. The number of thiazole rings is 1. The lowest BCUT2D eigenvalue weighted by molar-refractivity contribution is 0.0691. The van der Waals surface area contributed by atoms with Crippen molar-refractivity contribution in [3.8, 4) is 0 Å². The first kappa shape index (κ1) is 15.0. The van der Waals surface area contributed by atoms with Crippen molar-refractivity contribution >= 4 is 23.3 Å². The summed E-state index contributed by atoms with van der Waals surface area (Å²) < 4.78 is 5.15. The van der Waals surface area contributed by atoms with Gasteiger partial charge in [0, 0.05) is 31.3 Å². The topological polar surface area (TPSA) is 104 Å². The van der Waals surface area contributed by atoms with Gasteiger partial charge < -0.3 is 20.2 Å². The van der Waals surface area contributed by atoms with Gasteiger partial charge in [-0.25, -0.2) is 14.6 Å². The largest absolute Gasteiger partial charge is 0.476 e. The summed E-state index contributed by atoms with van der Waals surface area (Å²) in [6.45, 7) is 0.888. The number of amides is 2. The molecule has 2 amide bonds. The lowest BCUT2D eigenvalue weighted by Gasteiger charge is -2.05. The summed E-state index contributed by atoms with van der Waals surface area (Å²) in [5.41, 5.74) is 0.0397. The molecule has 0 fully saturated rings. The van der Waals surface area contributed by atoms with Crippen LogP contribution in [-0.4, -0.2) is 35.2 Å². The smallest absolute Gasteiger partial charge is 0.355 e. The van der Waals surface area contributed by atoms with Gasteiger partial charge >= 0.3 is 12.0 Å². The number of carboxylic acid groups (broad SMARTS) is 1. The van der Waals surface area contributed by atoms with Gasteiger partial charge in [0.15, 0.2) is 5.69 Å². The summed E-state index contributed by atoms with van der Waals surface area (Å²) >= 11 is 1.27. The molecule has 0 spiro atoms. The van der Waals surface area contributed by atoms with E-state index in [2.05, 4.69) is 15.6 Å². The van der Waals surface area contributed by atoms with Crippen molar-refractivity contribution in [2.75, 3.05) is 13.1 Å². The van der Waals surface area contributed by atoms with Crippen LogP contribution in [0.5, 0.6) is 0 Å². The summed E-state index contributed by atoms with van der Waals surface area (Å²) in [6.07, 6.45) is 2.73. The molecule has 21 heavy (non-hydrogen) atoms. The third-order valence-corrected chi connectivity index (χ3v) is 3.54. The lowest BCUT2D eigenvalue weighted by Crippen LogP contribution is -2.37. The third kappa shape index (κ3) is 4.92. The van der Waals surface area contributed by atoms with Crippen molar-refractivity contribution in [3.05, 3.63) is 40.2 Å². The molecule has 0 aliphatic carbocycles. The number of aromatic nitrogens is 1. The fourth-order valence-corrected chi connectivity index (χ4v) is 2.40. The maximum atomic E-state index is 11.5. The molecule has 2 rings (SSSR count). The maximum Gasteiger partial charge on any atom is 0.355 e. The fourth-order valence-electron chi connectivity index (χ4n) is 1.62. The van der Waals surface area contributed by atoms with Crippen LogP contribution in [0.1, 0.15) is 21.3 Å². The second-order valence-corrected chi connectivity index (χ2v) is 5.14. The molecule has 0 unspecified atom stereocenters. The highest BCUT2D eigenvalue weighted by molar-refractivity contribution is 7.09. The number of carbonyl (C=O) groups is 2. The number of furan rings is 1. The van der Waals surface area contributed by atoms with Gasteiger partial charge in [-0.2, -0.15) is 0 Å². The van der Waals surface area contributed by atoms with Crippen LogP contribution in [-0.2, 0) is 12.8 Å². The van der Waals surface area contributed by atoms with Gasteiger partial charge in [0.05, 0.1) is 11.3 Å². The highest BCUT2D eigenvalue weighted by atomic mass is 32.1. The Morgan fingerprint density at radius 1 is 1.29 bits per heavy atom. The Morgan fingerprint density at radius 3 is 2.67 bits per heavy atom. The molecular weight excluding hydrogens is 294 g/mol. The van der Waals surface area contributed by atoms with E-state index in [1.165, 1.54) is 16.7 Å². The summed E-state index contributed by atoms with van der Waals surface area (Å²) in [4.78, 5) is 26.1. The van der Waals surface area contributed by atoms with E-state index < -0.39 is 5.97 Å². The van der Waals surface area contributed by atoms with Gasteiger partial charge in [-0.05, 0) is 12.1 Å². The first-order chi connectivity index (χ1) is 10.1. The second kappa shape index (κ2) is 7.44. The number of hydrogen-bond donors (Lipinski definition) is 3. The Hall–Kier alpha value is -2.35. The van der Waals surface area contributed by atoms with Crippen molar-refractivity contribution in [3.63, 3.8) is 0 Å². The van der Waals surface area contributed by atoms with E-state index in [-0.39, 0.29) is 11.7 Å². The van der Waals surface area contributed by atoms with Crippen LogP contribution in [0, 0.1) is 0 Å². The van der Waals surface area contributed by atoms with Gasteiger partial charge in [0.25, 0.3) is 0 Å². The van der Waals surface area contributed by atoms with Crippen LogP contribution >= 0.6 is 11.3 Å². The minimum atomic E-state index is -1.04. The summed E-state index contributed by atoms with van der Waals surface area (Å²) in [5, 5.41) is 16.3. The highest BCUT2D eigenvalue weighted by Gasteiger charge is 2.08. The fraction of sp³-hybridized carbons (Fsp3) is 0.308. The molecule has 0 saturated heterocycles. The molecule has 2 aromatic heterocycles. The van der Waals surface area contributed by atoms with Crippen LogP contribution < -0.4 is 10.6 Å². The van der Waals surface area contributed by atoms with E-state index in [0.29, 0.717) is 30.9 Å². The number of rotatable bonds is 7. The van der Waals surface area contributed by atoms with Crippen LogP contribution in [0.4, 0.5) is 4.79 Å². The van der Waals surface area contributed by atoms with Crippen molar-refractivity contribution in [2.45, 2.75) is 12.8 Å². The Labute approximate surface area is 125 Å². The quantitative estimate of drug-likeness (QED) is 0.719. The van der Waals surface area contributed by atoms with Crippen molar-refractivity contribution in [1.82, 2.24) is 15.6 Å². The van der Waals surface area contributed by atoms with E-state index in [1.54, 1.807) is 12.3 Å². The number of aromatic carboxylic acids is 1. The predicted molar refractivity (Wildman–Crippen MR) is 76.6 cm³/mol. The average molecular weight is 309 g/mol. The average Bonchev–Trinajstić information content (AvgIpc) is 3.09. The Bertz CT molecular complexity index is 594. The zero-order valence-corrected chi connectivity index (χ0v) is 12.0. The van der Waals surface area contributed by atoms with Gasteiger partial charge in [-0.3, -0.25) is 0 Å². The zero-order valence-electron chi connectivity index (χ0n) is 11.2. The molecule has 0 atom stereocenters. The van der Waals surface area contributed by atoms with Crippen LogP contribution in [0.3, 0.4) is 0 Å².